The molecule has 5 heteroatoms. The van der Waals surface area contributed by atoms with Crippen LogP contribution in [0.2, 0.25) is 0 Å². The average molecular weight is 291 g/mol. The Morgan fingerprint density at radius 1 is 1.38 bits per heavy atom. The molecule has 2 rings (SSSR count). The summed E-state index contributed by atoms with van der Waals surface area (Å²) in [6, 6.07) is 5.59. The molecule has 0 fully saturated rings. The van der Waals surface area contributed by atoms with Crippen LogP contribution in [0.3, 0.4) is 0 Å². The molecule has 0 saturated carbocycles. The van der Waals surface area contributed by atoms with E-state index in [0.717, 1.165) is 16.8 Å². The number of benzene rings is 1. The number of anilines is 1. The highest BCUT2D eigenvalue weighted by Crippen LogP contribution is 2.31. The van der Waals surface area contributed by atoms with Gasteiger partial charge < -0.3 is 15.1 Å². The van der Waals surface area contributed by atoms with Crippen molar-refractivity contribution in [3.63, 3.8) is 0 Å². The van der Waals surface area contributed by atoms with Crippen molar-refractivity contribution in [3.05, 3.63) is 29.3 Å². The molecule has 1 aromatic rings. The standard InChI is InChI=1S/C16H21NO4/c1-10(8-16(20)21)7-14(18)12-3-5-13-11(9-12)4-6-15(19)17(13)2/h3,5,9-10,14,18H,4,6-8H2,1-2H3,(H,20,21). The van der Waals surface area contributed by atoms with Crippen molar-refractivity contribution < 1.29 is 19.8 Å². The molecular weight excluding hydrogens is 270 g/mol. The first kappa shape index (κ1) is 15.5. The molecule has 1 amide bonds. The first-order chi connectivity index (χ1) is 9.88. The zero-order chi connectivity index (χ0) is 15.6. The Morgan fingerprint density at radius 2 is 2.10 bits per heavy atom. The maximum atomic E-state index is 11.6. The third-order valence-electron chi connectivity index (χ3n) is 3.98. The van der Waals surface area contributed by atoms with Gasteiger partial charge in [-0.3, -0.25) is 9.59 Å². The lowest BCUT2D eigenvalue weighted by atomic mass is 9.92. The van der Waals surface area contributed by atoms with Gasteiger partial charge in [-0.1, -0.05) is 19.1 Å². The summed E-state index contributed by atoms with van der Waals surface area (Å²) in [7, 11) is 1.76. The monoisotopic (exact) mass is 291 g/mol. The van der Waals surface area contributed by atoms with Crippen LogP contribution in [0.25, 0.3) is 0 Å². The number of fused-ring (bicyclic) bond motifs is 1. The number of aryl methyl sites for hydroxylation is 1. The fourth-order valence-electron chi connectivity index (χ4n) is 2.78. The second-order valence-electron chi connectivity index (χ2n) is 5.80. The van der Waals surface area contributed by atoms with Crippen LogP contribution in [-0.4, -0.2) is 29.1 Å². The highest BCUT2D eigenvalue weighted by molar-refractivity contribution is 5.95. The third-order valence-corrected chi connectivity index (χ3v) is 3.98. The summed E-state index contributed by atoms with van der Waals surface area (Å²) in [5.41, 5.74) is 2.73. The van der Waals surface area contributed by atoms with E-state index in [1.54, 1.807) is 11.9 Å². The van der Waals surface area contributed by atoms with E-state index in [4.69, 9.17) is 5.11 Å². The molecule has 0 radical (unpaired) electrons. The van der Waals surface area contributed by atoms with Gasteiger partial charge in [0, 0.05) is 25.6 Å². The number of carbonyl (C=O) groups excluding carboxylic acids is 1. The van der Waals surface area contributed by atoms with E-state index >= 15 is 0 Å². The lowest BCUT2D eigenvalue weighted by Gasteiger charge is -2.27. The molecule has 2 unspecified atom stereocenters. The largest absolute Gasteiger partial charge is 0.481 e. The van der Waals surface area contributed by atoms with Crippen LogP contribution in [0.15, 0.2) is 18.2 Å². The van der Waals surface area contributed by atoms with Gasteiger partial charge in [0.15, 0.2) is 0 Å². The number of carbonyl (C=O) groups is 2. The SMILES string of the molecule is CC(CC(=O)O)CC(O)c1ccc2c(c1)CCC(=O)N2C. The normalized spacial score (nSPS) is 17.3. The van der Waals surface area contributed by atoms with Gasteiger partial charge in [-0.25, -0.2) is 0 Å². The predicted molar refractivity (Wildman–Crippen MR) is 79.2 cm³/mol. The van der Waals surface area contributed by atoms with E-state index in [-0.39, 0.29) is 18.2 Å². The molecule has 2 N–H and O–H groups in total. The molecule has 2 atom stereocenters. The van der Waals surface area contributed by atoms with Gasteiger partial charge in [-0.05, 0) is 36.0 Å². The summed E-state index contributed by atoms with van der Waals surface area (Å²) in [5.74, 6) is -0.830. The number of aliphatic hydroxyl groups is 1. The van der Waals surface area contributed by atoms with Gasteiger partial charge >= 0.3 is 5.97 Å². The van der Waals surface area contributed by atoms with Crippen molar-refractivity contribution in [2.45, 2.75) is 38.7 Å². The van der Waals surface area contributed by atoms with Crippen LogP contribution in [0, 0.1) is 5.92 Å². The van der Waals surface area contributed by atoms with Crippen LogP contribution in [0.4, 0.5) is 5.69 Å². The molecule has 5 nitrogen and oxygen atoms in total. The zero-order valence-corrected chi connectivity index (χ0v) is 12.4. The number of amides is 1. The number of hydrogen-bond acceptors (Lipinski definition) is 3. The molecule has 21 heavy (non-hydrogen) atoms. The van der Waals surface area contributed by atoms with Crippen molar-refractivity contribution in [2.75, 3.05) is 11.9 Å². The van der Waals surface area contributed by atoms with E-state index in [2.05, 4.69) is 0 Å². The van der Waals surface area contributed by atoms with E-state index in [1.165, 1.54) is 0 Å². The number of aliphatic hydroxyl groups excluding tert-OH is 1. The summed E-state index contributed by atoms with van der Waals surface area (Å²) in [4.78, 5) is 24.0. The number of nitrogens with zero attached hydrogens (tertiary/aromatic N) is 1. The van der Waals surface area contributed by atoms with Gasteiger partial charge in [0.25, 0.3) is 0 Å². The number of rotatable bonds is 5. The van der Waals surface area contributed by atoms with Crippen LogP contribution < -0.4 is 4.90 Å². The average Bonchev–Trinajstić information content (AvgIpc) is 2.41. The molecule has 0 saturated heterocycles. The third kappa shape index (κ3) is 3.61. The smallest absolute Gasteiger partial charge is 0.303 e. The Hall–Kier alpha value is -1.88. The van der Waals surface area contributed by atoms with Crippen LogP contribution in [0.5, 0.6) is 0 Å². The van der Waals surface area contributed by atoms with Gasteiger partial charge in [0.2, 0.25) is 5.91 Å². The molecule has 0 aromatic heterocycles. The van der Waals surface area contributed by atoms with E-state index in [0.29, 0.717) is 19.3 Å². The fourth-order valence-corrected chi connectivity index (χ4v) is 2.78. The molecule has 0 spiro atoms. The Morgan fingerprint density at radius 3 is 2.76 bits per heavy atom. The maximum Gasteiger partial charge on any atom is 0.303 e. The molecule has 0 bridgehead atoms. The Kier molecular flexibility index (Phi) is 4.63. The molecular formula is C16H21NO4. The van der Waals surface area contributed by atoms with Crippen LogP contribution in [0.1, 0.15) is 43.4 Å². The second-order valence-corrected chi connectivity index (χ2v) is 5.80. The number of carboxylic acid groups (broad SMARTS) is 1. The van der Waals surface area contributed by atoms with Crippen LogP contribution >= 0.6 is 0 Å². The Labute approximate surface area is 124 Å². The van der Waals surface area contributed by atoms with E-state index in [9.17, 15) is 14.7 Å². The van der Waals surface area contributed by atoms with Gasteiger partial charge in [-0.15, -0.1) is 0 Å². The molecule has 0 aliphatic carbocycles. The lowest BCUT2D eigenvalue weighted by molar-refractivity contribution is -0.138. The predicted octanol–water partition coefficient (Wildman–Crippen LogP) is 2.13. The quantitative estimate of drug-likeness (QED) is 0.871. The van der Waals surface area contributed by atoms with Crippen molar-refractivity contribution >= 4 is 17.6 Å². The van der Waals surface area contributed by atoms with Crippen molar-refractivity contribution in [1.82, 2.24) is 0 Å². The molecule has 1 aromatic carbocycles. The first-order valence-corrected chi connectivity index (χ1v) is 7.17. The highest BCUT2D eigenvalue weighted by Gasteiger charge is 2.22. The summed E-state index contributed by atoms with van der Waals surface area (Å²) in [6.07, 6.45) is 0.967. The van der Waals surface area contributed by atoms with Gasteiger partial charge in [0.05, 0.1) is 6.10 Å². The van der Waals surface area contributed by atoms with Crippen LogP contribution in [-0.2, 0) is 16.0 Å². The highest BCUT2D eigenvalue weighted by atomic mass is 16.4. The molecule has 1 aliphatic heterocycles. The number of aliphatic carboxylic acids is 1. The van der Waals surface area contributed by atoms with Crippen molar-refractivity contribution in [3.8, 4) is 0 Å². The molecule has 1 heterocycles. The molecule has 114 valence electrons. The maximum absolute atomic E-state index is 11.6. The van der Waals surface area contributed by atoms with E-state index < -0.39 is 12.1 Å². The number of hydrogen-bond donors (Lipinski definition) is 2. The zero-order valence-electron chi connectivity index (χ0n) is 12.4. The minimum Gasteiger partial charge on any atom is -0.481 e. The lowest BCUT2D eigenvalue weighted by Crippen LogP contribution is -2.31. The summed E-state index contributed by atoms with van der Waals surface area (Å²) in [5, 5.41) is 19.0. The van der Waals surface area contributed by atoms with Crippen molar-refractivity contribution in [2.24, 2.45) is 5.92 Å². The van der Waals surface area contributed by atoms with E-state index in [1.807, 2.05) is 25.1 Å². The Balaban J connectivity index is 2.11. The molecule has 1 aliphatic rings. The minimum absolute atomic E-state index is 0.0548. The second kappa shape index (κ2) is 6.26. The first-order valence-electron chi connectivity index (χ1n) is 7.17. The fraction of sp³-hybridized carbons (Fsp3) is 0.500. The Bertz CT molecular complexity index is 555. The summed E-state index contributed by atoms with van der Waals surface area (Å²) >= 11 is 0. The summed E-state index contributed by atoms with van der Waals surface area (Å²) < 4.78 is 0. The van der Waals surface area contributed by atoms with Gasteiger partial charge in [0.1, 0.15) is 0 Å². The van der Waals surface area contributed by atoms with Crippen molar-refractivity contribution in [1.29, 1.82) is 0 Å². The number of carboxylic acids is 1. The van der Waals surface area contributed by atoms with Gasteiger partial charge in [-0.2, -0.15) is 0 Å². The minimum atomic E-state index is -0.847. The summed E-state index contributed by atoms with van der Waals surface area (Å²) in [6.45, 7) is 1.82. The topological polar surface area (TPSA) is 77.8 Å².